The standard InChI is InChI=1S/C21H34BNO4Si/c1-15-24-14-18(27-28(5,6)21(2,3)4)20(25-15)17-12-19(22)26-23(17)13-16-10-8-7-9-11-16/h7-11,15,17-20H,12-14H2,1-6H3/t15-,17+,18+,19+,20+/m0/s1. The Labute approximate surface area is 172 Å². The van der Waals surface area contributed by atoms with Crippen LogP contribution in [0.15, 0.2) is 30.3 Å². The van der Waals surface area contributed by atoms with Gasteiger partial charge in [0.15, 0.2) is 14.6 Å². The van der Waals surface area contributed by atoms with Gasteiger partial charge in [0.2, 0.25) is 0 Å². The second-order valence-corrected chi connectivity index (χ2v) is 14.2. The summed E-state index contributed by atoms with van der Waals surface area (Å²) in [4.78, 5) is 5.96. The highest BCUT2D eigenvalue weighted by atomic mass is 28.4. The van der Waals surface area contributed by atoms with Gasteiger partial charge in [-0.25, -0.2) is 0 Å². The van der Waals surface area contributed by atoms with Crippen molar-refractivity contribution in [1.82, 2.24) is 5.06 Å². The van der Waals surface area contributed by atoms with Gasteiger partial charge in [-0.2, -0.15) is 5.06 Å². The third-order valence-electron chi connectivity index (χ3n) is 6.14. The number of ether oxygens (including phenoxy) is 2. The van der Waals surface area contributed by atoms with Gasteiger partial charge in [-0.15, -0.1) is 0 Å². The minimum atomic E-state index is -1.97. The Bertz CT molecular complexity index is 639. The second kappa shape index (κ2) is 8.58. The Hall–Kier alpha value is -0.698. The van der Waals surface area contributed by atoms with Crippen LogP contribution in [0.3, 0.4) is 0 Å². The van der Waals surface area contributed by atoms with E-state index in [-0.39, 0.29) is 35.6 Å². The van der Waals surface area contributed by atoms with Crippen LogP contribution in [0.25, 0.3) is 0 Å². The minimum Gasteiger partial charge on any atom is -0.409 e. The van der Waals surface area contributed by atoms with Crippen LogP contribution in [0.2, 0.25) is 18.1 Å². The van der Waals surface area contributed by atoms with Crippen molar-refractivity contribution in [3.63, 3.8) is 0 Å². The zero-order valence-electron chi connectivity index (χ0n) is 18.1. The van der Waals surface area contributed by atoms with Crippen LogP contribution in [0.1, 0.15) is 39.7 Å². The largest absolute Gasteiger partial charge is 0.409 e. The molecule has 0 saturated carbocycles. The van der Waals surface area contributed by atoms with Crippen molar-refractivity contribution in [3.8, 4) is 0 Å². The molecule has 2 saturated heterocycles. The number of nitrogens with zero attached hydrogens (tertiary/aromatic N) is 1. The molecule has 0 aliphatic carbocycles. The molecule has 1 aromatic carbocycles. The minimum absolute atomic E-state index is 0.0244. The van der Waals surface area contributed by atoms with Crippen LogP contribution in [0.5, 0.6) is 0 Å². The average Bonchev–Trinajstić information content (AvgIpc) is 2.96. The second-order valence-electron chi connectivity index (χ2n) is 9.43. The van der Waals surface area contributed by atoms with Crippen molar-refractivity contribution < 1.29 is 18.7 Å². The molecule has 0 bridgehead atoms. The van der Waals surface area contributed by atoms with E-state index in [2.05, 4.69) is 46.0 Å². The molecule has 7 heteroatoms. The van der Waals surface area contributed by atoms with Gasteiger partial charge < -0.3 is 18.7 Å². The highest BCUT2D eigenvalue weighted by molar-refractivity contribution is 6.74. The van der Waals surface area contributed by atoms with E-state index in [0.29, 0.717) is 19.6 Å². The van der Waals surface area contributed by atoms with Gasteiger partial charge in [-0.1, -0.05) is 51.1 Å². The molecule has 5 nitrogen and oxygen atoms in total. The summed E-state index contributed by atoms with van der Waals surface area (Å²) in [6.45, 7) is 14.4. The lowest BCUT2D eigenvalue weighted by atomic mass is 9.90. The Morgan fingerprint density at radius 3 is 2.54 bits per heavy atom. The molecule has 3 rings (SSSR count). The first kappa shape index (κ1) is 22.0. The summed E-state index contributed by atoms with van der Waals surface area (Å²) in [5.41, 5.74) is 1.18. The Morgan fingerprint density at radius 1 is 1.21 bits per heavy atom. The molecule has 0 aromatic heterocycles. The molecule has 2 fully saturated rings. The fourth-order valence-electron chi connectivity index (χ4n) is 3.53. The number of hydrogen-bond donors (Lipinski definition) is 0. The maximum absolute atomic E-state index is 6.72. The van der Waals surface area contributed by atoms with Crippen LogP contribution in [0.4, 0.5) is 0 Å². The molecule has 0 spiro atoms. The fourth-order valence-corrected chi connectivity index (χ4v) is 4.85. The van der Waals surface area contributed by atoms with Crippen molar-refractivity contribution >= 4 is 16.2 Å². The summed E-state index contributed by atoms with van der Waals surface area (Å²) in [6, 6.07) is 9.99. The molecule has 0 N–H and O–H groups in total. The quantitative estimate of drug-likeness (QED) is 0.699. The topological polar surface area (TPSA) is 40.2 Å². The summed E-state index contributed by atoms with van der Waals surface area (Å²) in [6.07, 6.45) is 0.172. The summed E-state index contributed by atoms with van der Waals surface area (Å²) >= 11 is 0. The van der Waals surface area contributed by atoms with Gasteiger partial charge in [0.1, 0.15) is 14.0 Å². The third kappa shape index (κ3) is 5.07. The van der Waals surface area contributed by atoms with E-state index in [1.165, 1.54) is 5.56 Å². The van der Waals surface area contributed by atoms with E-state index in [1.54, 1.807) is 0 Å². The molecule has 2 heterocycles. The Morgan fingerprint density at radius 2 is 1.89 bits per heavy atom. The van der Waals surface area contributed by atoms with Crippen molar-refractivity contribution in [2.45, 2.75) is 89.3 Å². The zero-order valence-corrected chi connectivity index (χ0v) is 19.1. The van der Waals surface area contributed by atoms with E-state index in [0.717, 1.165) is 0 Å². The van der Waals surface area contributed by atoms with Gasteiger partial charge in [-0.3, -0.25) is 0 Å². The van der Waals surface area contributed by atoms with E-state index in [9.17, 15) is 0 Å². The number of hydrogen-bond acceptors (Lipinski definition) is 5. The average molecular weight is 403 g/mol. The maximum atomic E-state index is 6.72. The summed E-state index contributed by atoms with van der Waals surface area (Å²) < 4.78 is 18.8. The lowest BCUT2D eigenvalue weighted by molar-refractivity contribution is -0.270. The van der Waals surface area contributed by atoms with Gasteiger partial charge in [0, 0.05) is 12.5 Å². The molecule has 5 atom stereocenters. The molecule has 2 aliphatic rings. The molecule has 1 aromatic rings. The molecule has 0 amide bonds. The fraction of sp³-hybridized carbons (Fsp3) is 0.714. The van der Waals surface area contributed by atoms with Gasteiger partial charge in [0.25, 0.3) is 0 Å². The van der Waals surface area contributed by atoms with Crippen LogP contribution in [0, 0.1) is 0 Å². The molecular formula is C21H34BNO4Si. The first-order chi connectivity index (χ1) is 13.1. The van der Waals surface area contributed by atoms with E-state index >= 15 is 0 Å². The Kier molecular flexibility index (Phi) is 6.74. The Balaban J connectivity index is 1.79. The first-order valence-corrected chi connectivity index (χ1v) is 13.2. The first-order valence-electron chi connectivity index (χ1n) is 10.2. The lowest BCUT2D eigenvalue weighted by Crippen LogP contribution is -2.57. The van der Waals surface area contributed by atoms with Gasteiger partial charge in [0.05, 0.1) is 18.8 Å². The van der Waals surface area contributed by atoms with E-state index in [4.69, 9.17) is 26.6 Å². The van der Waals surface area contributed by atoms with Gasteiger partial charge >= 0.3 is 0 Å². The predicted octanol–water partition coefficient (Wildman–Crippen LogP) is 3.84. The normalized spacial score (nSPS) is 32.6. The van der Waals surface area contributed by atoms with Crippen LogP contribution < -0.4 is 0 Å². The smallest absolute Gasteiger partial charge is 0.192 e. The van der Waals surface area contributed by atoms with Crippen molar-refractivity contribution in [2.24, 2.45) is 0 Å². The van der Waals surface area contributed by atoms with Crippen molar-refractivity contribution in [3.05, 3.63) is 35.9 Å². The summed E-state index contributed by atoms with van der Waals surface area (Å²) in [5, 5.41) is 2.09. The summed E-state index contributed by atoms with van der Waals surface area (Å²) in [5.74, 6) is 0. The van der Waals surface area contributed by atoms with Crippen molar-refractivity contribution in [2.75, 3.05) is 6.61 Å². The highest BCUT2D eigenvalue weighted by Crippen LogP contribution is 2.40. The van der Waals surface area contributed by atoms with Crippen LogP contribution in [-0.4, -0.2) is 58.4 Å². The molecular weight excluding hydrogens is 369 g/mol. The predicted molar refractivity (Wildman–Crippen MR) is 113 cm³/mol. The lowest BCUT2D eigenvalue weighted by Gasteiger charge is -2.46. The SMILES string of the molecule is [B][C@H]1C[C@H]([C@H]2O[C@@H](C)OC[C@H]2O[Si](C)(C)C(C)(C)C)N(Cc2ccccc2)O1. The number of benzene rings is 1. The molecule has 2 aliphatic heterocycles. The van der Waals surface area contributed by atoms with Crippen LogP contribution >= 0.6 is 0 Å². The number of rotatable bonds is 5. The molecule has 154 valence electrons. The molecule has 28 heavy (non-hydrogen) atoms. The van der Waals surface area contributed by atoms with E-state index < -0.39 is 8.32 Å². The molecule has 2 radical (unpaired) electrons. The van der Waals surface area contributed by atoms with E-state index in [1.807, 2.05) is 30.2 Å². The monoisotopic (exact) mass is 403 g/mol. The van der Waals surface area contributed by atoms with Gasteiger partial charge in [-0.05, 0) is 37.0 Å². The zero-order chi connectivity index (χ0) is 20.5. The number of hydroxylamine groups is 2. The maximum Gasteiger partial charge on any atom is 0.192 e. The molecule has 0 unspecified atom stereocenters. The highest BCUT2D eigenvalue weighted by Gasteiger charge is 2.48. The summed E-state index contributed by atoms with van der Waals surface area (Å²) in [7, 11) is 4.20. The third-order valence-corrected chi connectivity index (χ3v) is 10.6. The van der Waals surface area contributed by atoms with Crippen LogP contribution in [-0.2, 0) is 25.3 Å². The van der Waals surface area contributed by atoms with Crippen molar-refractivity contribution in [1.29, 1.82) is 0 Å².